The van der Waals surface area contributed by atoms with E-state index >= 15 is 0 Å². The number of aromatic nitrogens is 2. The maximum atomic E-state index is 12.4. The molecule has 5 heteroatoms. The summed E-state index contributed by atoms with van der Waals surface area (Å²) in [5.74, 6) is 0.737. The minimum Gasteiger partial charge on any atom is -0.496 e. The van der Waals surface area contributed by atoms with Gasteiger partial charge in [0, 0.05) is 5.56 Å². The van der Waals surface area contributed by atoms with Gasteiger partial charge in [0.05, 0.1) is 35.5 Å². The largest absolute Gasteiger partial charge is 0.496 e. The zero-order chi connectivity index (χ0) is 14.8. The number of imidazole rings is 1. The highest BCUT2D eigenvalue weighted by molar-refractivity contribution is 9.10. The molecule has 0 atom stereocenters. The number of ether oxygens (including phenoxy) is 1. The Hall–Kier alpha value is -2.14. The first-order valence-corrected chi connectivity index (χ1v) is 7.25. The molecule has 0 spiro atoms. The summed E-state index contributed by atoms with van der Waals surface area (Å²) in [5.41, 5.74) is 2.49. The van der Waals surface area contributed by atoms with E-state index in [9.17, 15) is 4.79 Å². The molecule has 21 heavy (non-hydrogen) atoms. The Morgan fingerprint density at radius 1 is 1.29 bits per heavy atom. The van der Waals surface area contributed by atoms with Crippen LogP contribution in [0.15, 0.2) is 53.3 Å². The van der Waals surface area contributed by atoms with Crippen molar-refractivity contribution >= 4 is 32.7 Å². The number of Topliss-reactive ketones (excluding diaryl/α,β-unsaturated/α-hetero) is 1. The summed E-state index contributed by atoms with van der Waals surface area (Å²) < 4.78 is 7.80. The van der Waals surface area contributed by atoms with Crippen molar-refractivity contribution in [1.82, 2.24) is 9.55 Å². The van der Waals surface area contributed by atoms with Crippen LogP contribution in [0, 0.1) is 0 Å². The first-order valence-electron chi connectivity index (χ1n) is 6.45. The van der Waals surface area contributed by atoms with Gasteiger partial charge in [-0.2, -0.15) is 0 Å². The zero-order valence-electron chi connectivity index (χ0n) is 11.4. The van der Waals surface area contributed by atoms with Crippen LogP contribution in [0.2, 0.25) is 0 Å². The summed E-state index contributed by atoms with van der Waals surface area (Å²) in [7, 11) is 1.60. The van der Waals surface area contributed by atoms with E-state index < -0.39 is 0 Å². The fourth-order valence-corrected chi connectivity index (χ4v) is 2.76. The van der Waals surface area contributed by atoms with Gasteiger partial charge >= 0.3 is 0 Å². The fourth-order valence-electron chi connectivity index (χ4n) is 2.22. The Balaban J connectivity index is 1.88. The number of nitrogens with zero attached hydrogens (tertiary/aromatic N) is 2. The van der Waals surface area contributed by atoms with E-state index in [0.29, 0.717) is 11.3 Å². The highest BCUT2D eigenvalue weighted by atomic mass is 79.9. The molecule has 1 aromatic heterocycles. The molecule has 0 aliphatic heterocycles. The highest BCUT2D eigenvalue weighted by Gasteiger charge is 2.11. The van der Waals surface area contributed by atoms with E-state index in [2.05, 4.69) is 20.9 Å². The van der Waals surface area contributed by atoms with Gasteiger partial charge in [-0.25, -0.2) is 4.98 Å². The summed E-state index contributed by atoms with van der Waals surface area (Å²) in [6, 6.07) is 13.1. The third-order valence-electron chi connectivity index (χ3n) is 3.32. The Kier molecular flexibility index (Phi) is 3.75. The van der Waals surface area contributed by atoms with E-state index in [1.807, 2.05) is 28.8 Å². The number of hydrogen-bond donors (Lipinski definition) is 0. The molecule has 1 heterocycles. The topological polar surface area (TPSA) is 44.1 Å². The van der Waals surface area contributed by atoms with Gasteiger partial charge in [0.1, 0.15) is 5.75 Å². The highest BCUT2D eigenvalue weighted by Crippen LogP contribution is 2.26. The number of halogens is 1. The Morgan fingerprint density at radius 2 is 2.10 bits per heavy atom. The third-order valence-corrected chi connectivity index (χ3v) is 3.93. The van der Waals surface area contributed by atoms with Crippen LogP contribution in [0.3, 0.4) is 0 Å². The van der Waals surface area contributed by atoms with Gasteiger partial charge in [0.2, 0.25) is 0 Å². The number of carbonyl (C=O) groups excluding carboxylic acids is 1. The Labute approximate surface area is 130 Å². The van der Waals surface area contributed by atoms with Gasteiger partial charge < -0.3 is 9.30 Å². The van der Waals surface area contributed by atoms with Crippen molar-refractivity contribution in [3.05, 3.63) is 58.8 Å². The van der Waals surface area contributed by atoms with Crippen molar-refractivity contribution in [2.75, 3.05) is 7.11 Å². The lowest BCUT2D eigenvalue weighted by Gasteiger charge is -2.07. The monoisotopic (exact) mass is 344 g/mol. The van der Waals surface area contributed by atoms with Crippen molar-refractivity contribution in [3.63, 3.8) is 0 Å². The molecule has 0 unspecified atom stereocenters. The number of rotatable bonds is 4. The molecule has 0 bridgehead atoms. The van der Waals surface area contributed by atoms with Crippen LogP contribution >= 0.6 is 15.9 Å². The van der Waals surface area contributed by atoms with Crippen LogP contribution < -0.4 is 4.74 Å². The van der Waals surface area contributed by atoms with Crippen molar-refractivity contribution in [1.29, 1.82) is 0 Å². The molecule has 2 aromatic carbocycles. The maximum Gasteiger partial charge on any atom is 0.182 e. The van der Waals surface area contributed by atoms with E-state index in [1.54, 1.807) is 31.6 Å². The standard InChI is InChI=1S/C16H13BrN2O2/c1-21-16-7-6-11(8-12(16)17)15(20)9-19-10-18-13-4-2-3-5-14(13)19/h2-8,10H,9H2,1H3. The van der Waals surface area contributed by atoms with Crippen molar-refractivity contribution < 1.29 is 9.53 Å². The van der Waals surface area contributed by atoms with Crippen LogP contribution in [-0.2, 0) is 6.54 Å². The molecular weight excluding hydrogens is 332 g/mol. The molecule has 0 saturated heterocycles. The second-order valence-corrected chi connectivity index (χ2v) is 5.49. The molecule has 0 aliphatic rings. The minimum atomic E-state index is 0.0292. The molecular formula is C16H13BrN2O2. The van der Waals surface area contributed by atoms with E-state index in [-0.39, 0.29) is 12.3 Å². The van der Waals surface area contributed by atoms with E-state index in [1.165, 1.54) is 0 Å². The molecule has 106 valence electrons. The summed E-state index contributed by atoms with van der Waals surface area (Å²) >= 11 is 3.40. The lowest BCUT2D eigenvalue weighted by atomic mass is 10.1. The molecule has 3 rings (SSSR count). The maximum absolute atomic E-state index is 12.4. The second-order valence-electron chi connectivity index (χ2n) is 4.63. The van der Waals surface area contributed by atoms with Crippen LogP contribution in [-0.4, -0.2) is 22.4 Å². The van der Waals surface area contributed by atoms with Crippen LogP contribution in [0.5, 0.6) is 5.75 Å². The third kappa shape index (κ3) is 2.69. The summed E-state index contributed by atoms with van der Waals surface area (Å²) in [5, 5.41) is 0. The number of methoxy groups -OCH3 is 1. The molecule has 0 aliphatic carbocycles. The normalized spacial score (nSPS) is 10.8. The lowest BCUT2D eigenvalue weighted by molar-refractivity contribution is 0.0973. The number of para-hydroxylation sites is 2. The number of benzene rings is 2. The van der Waals surface area contributed by atoms with Gasteiger partial charge in [-0.3, -0.25) is 4.79 Å². The molecule has 4 nitrogen and oxygen atoms in total. The predicted molar refractivity (Wildman–Crippen MR) is 84.8 cm³/mol. The van der Waals surface area contributed by atoms with Gasteiger partial charge in [0.15, 0.2) is 5.78 Å². The Bertz CT molecular complexity index is 811. The molecule has 0 N–H and O–H groups in total. The molecule has 0 amide bonds. The molecule has 3 aromatic rings. The number of carbonyl (C=O) groups is 1. The first kappa shape index (κ1) is 13.8. The smallest absolute Gasteiger partial charge is 0.182 e. The SMILES string of the molecule is COc1ccc(C(=O)Cn2cnc3ccccc32)cc1Br. The van der Waals surface area contributed by atoms with Gasteiger partial charge in [-0.05, 0) is 46.3 Å². The lowest BCUT2D eigenvalue weighted by Crippen LogP contribution is -2.09. The summed E-state index contributed by atoms with van der Waals surface area (Å²) in [6.07, 6.45) is 1.70. The van der Waals surface area contributed by atoms with Crippen LogP contribution in [0.1, 0.15) is 10.4 Å². The Morgan fingerprint density at radius 3 is 2.86 bits per heavy atom. The minimum absolute atomic E-state index is 0.0292. The molecule has 0 saturated carbocycles. The molecule has 0 fully saturated rings. The van der Waals surface area contributed by atoms with E-state index in [4.69, 9.17) is 4.74 Å². The number of fused-ring (bicyclic) bond motifs is 1. The fraction of sp³-hybridized carbons (Fsp3) is 0.125. The second kappa shape index (κ2) is 5.69. The average Bonchev–Trinajstić information content (AvgIpc) is 2.90. The molecule has 0 radical (unpaired) electrons. The van der Waals surface area contributed by atoms with Gasteiger partial charge in [-0.15, -0.1) is 0 Å². The number of ketones is 1. The predicted octanol–water partition coefficient (Wildman–Crippen LogP) is 3.69. The summed E-state index contributed by atoms with van der Waals surface area (Å²) in [4.78, 5) is 16.7. The van der Waals surface area contributed by atoms with Gasteiger partial charge in [0.25, 0.3) is 0 Å². The van der Waals surface area contributed by atoms with Gasteiger partial charge in [-0.1, -0.05) is 12.1 Å². The van der Waals surface area contributed by atoms with Crippen LogP contribution in [0.4, 0.5) is 0 Å². The quantitative estimate of drug-likeness (QED) is 0.678. The van der Waals surface area contributed by atoms with Crippen LogP contribution in [0.25, 0.3) is 11.0 Å². The van der Waals surface area contributed by atoms with E-state index in [0.717, 1.165) is 15.5 Å². The van der Waals surface area contributed by atoms with Crippen molar-refractivity contribution in [2.24, 2.45) is 0 Å². The first-order chi connectivity index (χ1) is 10.2. The zero-order valence-corrected chi connectivity index (χ0v) is 13.0. The van der Waals surface area contributed by atoms with Crippen molar-refractivity contribution in [3.8, 4) is 5.75 Å². The van der Waals surface area contributed by atoms with Crippen molar-refractivity contribution in [2.45, 2.75) is 6.54 Å². The summed E-state index contributed by atoms with van der Waals surface area (Å²) in [6.45, 7) is 0.263. The average molecular weight is 345 g/mol. The number of hydrogen-bond acceptors (Lipinski definition) is 3.